The molecule has 0 spiro atoms. The minimum absolute atomic E-state index is 0.965. The van der Waals surface area contributed by atoms with E-state index < -0.39 is 8.07 Å². The molecule has 1 aromatic heterocycles. The summed E-state index contributed by atoms with van der Waals surface area (Å²) in [7, 11) is -1.53. The molecule has 6 aromatic rings. The maximum absolute atomic E-state index is 2.49. The maximum atomic E-state index is 2.49. The highest BCUT2D eigenvalue weighted by Gasteiger charge is 2.41. The van der Waals surface area contributed by atoms with E-state index in [2.05, 4.69) is 138 Å². The molecular weight excluding hydrogens is 431 g/mol. The molecule has 33 heavy (non-hydrogen) atoms. The van der Waals surface area contributed by atoms with Crippen molar-refractivity contribution >= 4 is 61.0 Å². The fraction of sp³-hybridized carbons (Fsp3) is 0. The van der Waals surface area contributed by atoms with Crippen LogP contribution in [-0.4, -0.2) is 22.7 Å². The van der Waals surface area contributed by atoms with Crippen LogP contribution in [0.25, 0.3) is 21.8 Å². The van der Waals surface area contributed by atoms with Crippen LogP contribution in [0.2, 0.25) is 0 Å². The van der Waals surface area contributed by atoms with E-state index in [1.807, 2.05) is 0 Å². The van der Waals surface area contributed by atoms with Crippen LogP contribution < -0.4 is 20.7 Å². The number of nitrogens with zero attached hydrogens (tertiary/aromatic N) is 1. The highest BCUT2D eigenvalue weighted by molar-refractivity contribution is 7.20. The number of fused-ring (bicyclic) bond motifs is 3. The molecule has 0 radical (unpaired) electrons. The monoisotopic (exact) mass is 455 g/mol. The molecule has 0 aliphatic carbocycles. The molecule has 0 bridgehead atoms. The first kappa shape index (κ1) is 20.0. The van der Waals surface area contributed by atoms with E-state index in [4.69, 9.17) is 0 Å². The van der Waals surface area contributed by atoms with Gasteiger partial charge in [0.25, 0.3) is 0 Å². The van der Waals surface area contributed by atoms with Gasteiger partial charge in [0.1, 0.15) is 10.4 Å². The third-order valence-corrected chi connectivity index (χ3v) is 12.7. The average molecular weight is 456 g/mol. The van der Waals surface area contributed by atoms with E-state index in [0.717, 1.165) is 10.4 Å². The maximum Gasteiger partial charge on any atom is 0.179 e. The van der Waals surface area contributed by atoms with Crippen LogP contribution in [0.5, 0.6) is 0 Å². The zero-order valence-electron chi connectivity index (χ0n) is 18.6. The Hall–Kier alpha value is -3.67. The van der Waals surface area contributed by atoms with Crippen LogP contribution in [0.15, 0.2) is 133 Å². The first-order valence-electron chi connectivity index (χ1n) is 11.4. The Labute approximate surface area is 198 Å². The van der Waals surface area contributed by atoms with Crippen LogP contribution in [0.3, 0.4) is 0 Å². The van der Waals surface area contributed by atoms with Gasteiger partial charge in [-0.1, -0.05) is 121 Å². The summed E-state index contributed by atoms with van der Waals surface area (Å²) in [5.74, 6) is 0. The second kappa shape index (κ2) is 8.03. The minimum atomic E-state index is -2.49. The van der Waals surface area contributed by atoms with Crippen LogP contribution in [0.4, 0.5) is 0 Å². The SMILES string of the molecule is [SiH3]n1c2ccccc2c2cc([Si](c3ccccc3)(c3ccccc3)c3ccccc3)ccc21. The van der Waals surface area contributed by atoms with Crippen LogP contribution >= 0.6 is 0 Å². The zero-order valence-corrected chi connectivity index (χ0v) is 21.6. The van der Waals surface area contributed by atoms with Crippen molar-refractivity contribution in [1.29, 1.82) is 0 Å². The van der Waals surface area contributed by atoms with E-state index in [1.54, 1.807) is 0 Å². The molecule has 0 aliphatic rings. The summed E-state index contributed by atoms with van der Waals surface area (Å²) in [4.78, 5) is 0. The van der Waals surface area contributed by atoms with Gasteiger partial charge in [-0.15, -0.1) is 0 Å². The van der Waals surface area contributed by atoms with Crippen molar-refractivity contribution in [2.24, 2.45) is 0 Å². The molecule has 0 aliphatic heterocycles. The Morgan fingerprint density at radius 3 is 1.42 bits per heavy atom. The van der Waals surface area contributed by atoms with Crippen molar-refractivity contribution in [3.8, 4) is 0 Å². The van der Waals surface area contributed by atoms with Gasteiger partial charge in [0, 0.05) is 21.8 Å². The largest absolute Gasteiger partial charge is 0.377 e. The third kappa shape index (κ3) is 3.04. The van der Waals surface area contributed by atoms with E-state index in [1.165, 1.54) is 42.6 Å². The molecule has 6 rings (SSSR count). The average Bonchev–Trinajstić information content (AvgIpc) is 3.18. The fourth-order valence-electron chi connectivity index (χ4n) is 5.47. The zero-order chi connectivity index (χ0) is 22.3. The van der Waals surface area contributed by atoms with Gasteiger partial charge in [0.15, 0.2) is 8.07 Å². The Balaban J connectivity index is 1.77. The predicted molar refractivity (Wildman–Crippen MR) is 148 cm³/mol. The molecule has 1 heterocycles. The van der Waals surface area contributed by atoms with Gasteiger partial charge in [0.2, 0.25) is 0 Å². The smallest absolute Gasteiger partial charge is 0.179 e. The lowest BCUT2D eigenvalue weighted by Gasteiger charge is -2.34. The van der Waals surface area contributed by atoms with Gasteiger partial charge in [-0.3, -0.25) is 0 Å². The van der Waals surface area contributed by atoms with Gasteiger partial charge in [-0.05, 0) is 32.9 Å². The third-order valence-electron chi connectivity index (χ3n) is 6.97. The summed E-state index contributed by atoms with van der Waals surface area (Å²) < 4.78 is 2.45. The van der Waals surface area contributed by atoms with Crippen molar-refractivity contribution in [1.82, 2.24) is 4.23 Å². The summed E-state index contributed by atoms with van der Waals surface area (Å²) in [6.45, 7) is 0. The number of para-hydroxylation sites is 1. The Morgan fingerprint density at radius 1 is 0.424 bits per heavy atom. The summed E-state index contributed by atoms with van der Waals surface area (Å²) in [6.07, 6.45) is 0. The molecule has 1 nitrogen and oxygen atoms in total. The van der Waals surface area contributed by atoms with Crippen molar-refractivity contribution in [3.05, 3.63) is 133 Å². The number of aromatic nitrogens is 1. The molecule has 0 amide bonds. The van der Waals surface area contributed by atoms with E-state index in [-0.39, 0.29) is 0 Å². The van der Waals surface area contributed by atoms with Gasteiger partial charge in [-0.2, -0.15) is 0 Å². The van der Waals surface area contributed by atoms with Gasteiger partial charge < -0.3 is 4.23 Å². The van der Waals surface area contributed by atoms with Crippen LogP contribution in [0.1, 0.15) is 0 Å². The lowest BCUT2D eigenvalue weighted by Crippen LogP contribution is -2.74. The molecule has 3 heteroatoms. The summed E-state index contributed by atoms with van der Waals surface area (Å²) in [5, 5.41) is 8.37. The molecule has 0 fully saturated rings. The van der Waals surface area contributed by atoms with Crippen LogP contribution in [-0.2, 0) is 0 Å². The molecule has 0 N–H and O–H groups in total. The molecule has 0 saturated carbocycles. The fourth-order valence-corrected chi connectivity index (χ4v) is 11.0. The molecule has 5 aromatic carbocycles. The molecular formula is C30H25NSi2. The molecule has 0 atom stereocenters. The summed E-state index contributed by atoms with van der Waals surface area (Å²) >= 11 is 0. The number of benzene rings is 5. The number of rotatable bonds is 4. The van der Waals surface area contributed by atoms with E-state index >= 15 is 0 Å². The minimum Gasteiger partial charge on any atom is -0.377 e. The number of hydrogen-bond donors (Lipinski definition) is 0. The molecule has 0 saturated heterocycles. The van der Waals surface area contributed by atoms with Gasteiger partial charge in [-0.25, -0.2) is 0 Å². The van der Waals surface area contributed by atoms with Crippen LogP contribution in [0, 0.1) is 0 Å². The number of hydrogen-bond acceptors (Lipinski definition) is 0. The topological polar surface area (TPSA) is 4.93 Å². The Bertz CT molecular complexity index is 1460. The summed E-state index contributed by atoms with van der Waals surface area (Å²) in [6, 6.07) is 49.5. The highest BCUT2D eigenvalue weighted by atomic mass is 28.3. The molecule has 0 unspecified atom stereocenters. The Kier molecular flexibility index (Phi) is 4.86. The summed E-state index contributed by atoms with van der Waals surface area (Å²) in [5.41, 5.74) is 2.67. The highest BCUT2D eigenvalue weighted by Crippen LogP contribution is 2.27. The quantitative estimate of drug-likeness (QED) is 0.284. The predicted octanol–water partition coefficient (Wildman–Crippen LogP) is 3.30. The van der Waals surface area contributed by atoms with Gasteiger partial charge >= 0.3 is 0 Å². The second-order valence-corrected chi connectivity index (χ2v) is 13.4. The first-order chi connectivity index (χ1) is 16.3. The van der Waals surface area contributed by atoms with E-state index in [9.17, 15) is 0 Å². The lowest BCUT2D eigenvalue weighted by molar-refractivity contribution is 1.39. The second-order valence-electron chi connectivity index (χ2n) is 8.66. The molecule has 158 valence electrons. The Morgan fingerprint density at radius 2 is 0.879 bits per heavy atom. The van der Waals surface area contributed by atoms with Gasteiger partial charge in [0.05, 0.1) is 0 Å². The van der Waals surface area contributed by atoms with Crippen molar-refractivity contribution in [2.45, 2.75) is 0 Å². The van der Waals surface area contributed by atoms with E-state index in [0.29, 0.717) is 0 Å². The van der Waals surface area contributed by atoms with Crippen molar-refractivity contribution in [2.75, 3.05) is 0 Å². The van der Waals surface area contributed by atoms with Crippen molar-refractivity contribution in [3.63, 3.8) is 0 Å². The first-order valence-corrected chi connectivity index (χ1v) is 14.3. The normalized spacial score (nSPS) is 11.9. The standard InChI is InChI=1S/C30H25NSi2/c32-31-29-19-11-10-18-27(29)28-22-26(20-21-30(28)31)33(23-12-4-1-5-13-23,24-14-6-2-7-15-24)25-16-8-3-9-17-25/h1-22H,32H3. The van der Waals surface area contributed by atoms with Crippen molar-refractivity contribution < 1.29 is 0 Å². The lowest BCUT2D eigenvalue weighted by atomic mass is 10.1.